The number of allylic oxidation sites excluding steroid dienone is 6. The van der Waals surface area contributed by atoms with Crippen molar-refractivity contribution < 1.29 is 57.9 Å². The second kappa shape index (κ2) is 25.9. The van der Waals surface area contributed by atoms with Crippen molar-refractivity contribution in [3.63, 3.8) is 0 Å². The molecule has 2 bridgehead atoms. The Kier molecular flexibility index (Phi) is 21.7. The van der Waals surface area contributed by atoms with Crippen LogP contribution in [0, 0.1) is 41.4 Å². The van der Waals surface area contributed by atoms with Crippen molar-refractivity contribution in [2.75, 3.05) is 27.9 Å². The van der Waals surface area contributed by atoms with E-state index in [1.54, 1.807) is 41.1 Å². The minimum absolute atomic E-state index is 0.0294. The normalized spacial score (nSPS) is 40.2. The van der Waals surface area contributed by atoms with E-state index in [1.807, 2.05) is 58.1 Å². The van der Waals surface area contributed by atoms with Gasteiger partial charge in [0, 0.05) is 58.5 Å². The zero-order chi connectivity index (χ0) is 48.9. The highest BCUT2D eigenvalue weighted by Crippen LogP contribution is 2.38. The fourth-order valence-corrected chi connectivity index (χ4v) is 10.6. The molecule has 0 radical (unpaired) electrons. The summed E-state index contributed by atoms with van der Waals surface area (Å²) < 4.78 is 29.9. The monoisotopic (exact) mass is 926 g/mol. The van der Waals surface area contributed by atoms with E-state index in [0.29, 0.717) is 62.9 Å². The zero-order valence-electron chi connectivity index (χ0n) is 41.9. The van der Waals surface area contributed by atoms with Crippen molar-refractivity contribution in [1.82, 2.24) is 4.90 Å². The number of hydrogen-bond acceptors (Lipinski definition) is 12. The molecular formula is C53H83NO12. The molecule has 3 heterocycles. The third kappa shape index (κ3) is 14.6. The van der Waals surface area contributed by atoms with Crippen molar-refractivity contribution in [1.29, 1.82) is 0 Å². The summed E-state index contributed by atoms with van der Waals surface area (Å²) in [6.45, 7) is 15.1. The van der Waals surface area contributed by atoms with Gasteiger partial charge in [0.2, 0.25) is 5.79 Å². The number of piperidine rings is 1. The number of aliphatic hydroxyl groups is 2. The predicted molar refractivity (Wildman–Crippen MR) is 253 cm³/mol. The van der Waals surface area contributed by atoms with Crippen LogP contribution in [0.25, 0.3) is 0 Å². The number of fused-ring (bicyclic) bond motifs is 3. The van der Waals surface area contributed by atoms with Crippen molar-refractivity contribution in [2.45, 2.75) is 187 Å². The molecule has 3 aliphatic heterocycles. The number of rotatable bonds is 6. The molecule has 15 atom stereocenters. The maximum atomic E-state index is 14.4. The molecule has 0 spiro atoms. The van der Waals surface area contributed by atoms with E-state index in [2.05, 4.69) is 6.92 Å². The highest BCUT2D eigenvalue weighted by molar-refractivity contribution is 6.39. The highest BCUT2D eigenvalue weighted by Gasteiger charge is 2.52. The Labute approximate surface area is 395 Å². The molecule has 0 aromatic carbocycles. The van der Waals surface area contributed by atoms with Crippen LogP contribution in [-0.4, -0.2) is 121 Å². The van der Waals surface area contributed by atoms with Crippen LogP contribution in [0.4, 0.5) is 0 Å². The van der Waals surface area contributed by atoms with E-state index in [0.717, 1.165) is 24.8 Å². The smallest absolute Gasteiger partial charge is 0.329 e. The van der Waals surface area contributed by atoms with E-state index in [9.17, 15) is 34.2 Å². The van der Waals surface area contributed by atoms with Gasteiger partial charge in [-0.1, -0.05) is 84.4 Å². The summed E-state index contributed by atoms with van der Waals surface area (Å²) in [6, 6.07) is -1.11. The van der Waals surface area contributed by atoms with Gasteiger partial charge >= 0.3 is 5.97 Å². The third-order valence-electron chi connectivity index (χ3n) is 15.1. The molecule has 0 unspecified atom stereocenters. The van der Waals surface area contributed by atoms with Crippen LogP contribution in [-0.2, 0) is 47.7 Å². The maximum Gasteiger partial charge on any atom is 0.329 e. The summed E-state index contributed by atoms with van der Waals surface area (Å²) in [5.41, 5.74) is 1.30. The van der Waals surface area contributed by atoms with Crippen molar-refractivity contribution in [2.24, 2.45) is 41.4 Å². The third-order valence-corrected chi connectivity index (χ3v) is 15.1. The Morgan fingerprint density at radius 2 is 1.56 bits per heavy atom. The molecule has 3 fully saturated rings. The lowest BCUT2D eigenvalue weighted by molar-refractivity contribution is -0.242. The van der Waals surface area contributed by atoms with Crippen LogP contribution in [0.15, 0.2) is 47.6 Å². The largest absolute Gasteiger partial charge is 0.460 e. The summed E-state index contributed by atoms with van der Waals surface area (Å²) in [4.78, 5) is 72.3. The number of methoxy groups -OCH3 is 3. The van der Waals surface area contributed by atoms with Crippen LogP contribution < -0.4 is 0 Å². The molecule has 66 heavy (non-hydrogen) atoms. The van der Waals surface area contributed by atoms with Crippen molar-refractivity contribution in [3.8, 4) is 0 Å². The average molecular weight is 926 g/mol. The molecule has 0 aromatic rings. The number of carbonyl (C=O) groups excluding carboxylic acids is 5. The van der Waals surface area contributed by atoms with E-state index in [4.69, 9.17) is 23.7 Å². The molecule has 0 aromatic heterocycles. The number of ketones is 3. The molecule has 4 rings (SSSR count). The second-order valence-corrected chi connectivity index (χ2v) is 20.4. The number of Topliss-reactive ketones (excluding diaryl/α,β-unsaturated/α-hetero) is 3. The quantitative estimate of drug-likeness (QED) is 0.150. The van der Waals surface area contributed by atoms with Crippen LogP contribution in [0.1, 0.15) is 139 Å². The summed E-state index contributed by atoms with van der Waals surface area (Å²) >= 11 is 0. The van der Waals surface area contributed by atoms with Gasteiger partial charge in [-0.05, 0) is 113 Å². The lowest BCUT2D eigenvalue weighted by atomic mass is 9.76. The molecule has 1 amide bonds. The Bertz CT molecular complexity index is 1770. The van der Waals surface area contributed by atoms with Gasteiger partial charge in [-0.25, -0.2) is 4.79 Å². The van der Waals surface area contributed by atoms with Crippen molar-refractivity contribution >= 4 is 29.2 Å². The number of nitrogens with zero attached hydrogens (tertiary/aromatic N) is 1. The standard InChI is InChI=1S/C53H83NO12/c1-32-18-13-12-14-19-33(2)45(63-10)30-41-21-17-20-39(8)53(61,66-41)50(58)51(59)54-25-16-15-22-42(54)52(60)65-46(36(5)28-40-24-23-34(3)44(29-40)62-9)31-43(55)35(4)27-38(7)48(57)49(64-11)47(56)37(6)26-32/h12-14,18-19,27,32,34-37,39-42,44-46,48-49,57,61H,15-17,20-26,28-31H2,1-11H3/b14-12+,18-13+,33-19+,38-27+/t32-,34+,35-,36-,37+,39-,40+,41+,42+,44-,45+,46+,48-,49+,53-/m1/s1. The van der Waals surface area contributed by atoms with Crippen LogP contribution in [0.2, 0.25) is 0 Å². The number of ether oxygens (including phenoxy) is 5. The Morgan fingerprint density at radius 3 is 2.24 bits per heavy atom. The molecular weight excluding hydrogens is 843 g/mol. The van der Waals surface area contributed by atoms with Gasteiger partial charge in [0.15, 0.2) is 5.78 Å². The summed E-state index contributed by atoms with van der Waals surface area (Å²) in [5.74, 6) is -7.09. The van der Waals surface area contributed by atoms with Gasteiger partial charge in [0.05, 0.1) is 18.3 Å². The van der Waals surface area contributed by atoms with Gasteiger partial charge in [0.1, 0.15) is 30.1 Å². The molecule has 13 heteroatoms. The summed E-state index contributed by atoms with van der Waals surface area (Å²) in [7, 11) is 4.71. The summed E-state index contributed by atoms with van der Waals surface area (Å²) in [5, 5.41) is 23.6. The number of carbonyl (C=O) groups is 5. The first-order chi connectivity index (χ1) is 31.2. The topological polar surface area (TPSA) is 175 Å². The van der Waals surface area contributed by atoms with Gasteiger partial charge in [0.25, 0.3) is 11.7 Å². The Hall–Kier alpha value is -3.33. The first-order valence-electron chi connectivity index (χ1n) is 24.7. The predicted octanol–water partition coefficient (Wildman–Crippen LogP) is 7.85. The Morgan fingerprint density at radius 1 is 0.833 bits per heavy atom. The lowest BCUT2D eigenvalue weighted by Crippen LogP contribution is -2.59. The molecule has 372 valence electrons. The van der Waals surface area contributed by atoms with Crippen molar-refractivity contribution in [3.05, 3.63) is 47.6 Å². The summed E-state index contributed by atoms with van der Waals surface area (Å²) in [6.07, 6.45) is 14.3. The van der Waals surface area contributed by atoms with Gasteiger partial charge in [-0.2, -0.15) is 0 Å². The molecule has 1 aliphatic carbocycles. The van der Waals surface area contributed by atoms with Crippen LogP contribution in [0.5, 0.6) is 0 Å². The van der Waals surface area contributed by atoms with E-state index in [1.165, 1.54) is 12.0 Å². The SMILES string of the molecule is CO[C@H]1C[C@@H]2CCC[C@@H](C)[C@@](O)(O2)C(=O)C(=O)N2CCCC[C@H]2C(=O)O[C@H]([C@H](C)C[C@@H]2CC[C@H](C)[C@H](OC)C2)CC(=O)[C@H](C)/C=C(\C)[C@@H](O)[C@@H](OC)C(=O)[C@@H](C)C[C@H](C)/C=C/C=C/C=C/1C. The molecule has 2 saturated heterocycles. The van der Waals surface area contributed by atoms with Crippen LogP contribution >= 0.6 is 0 Å². The molecule has 1 saturated carbocycles. The molecule has 4 aliphatic rings. The minimum atomic E-state index is -2.43. The molecule has 13 nitrogen and oxygen atoms in total. The number of amides is 1. The number of esters is 1. The fourth-order valence-electron chi connectivity index (χ4n) is 10.6. The fraction of sp³-hybridized carbons (Fsp3) is 0.755. The maximum absolute atomic E-state index is 14.4. The zero-order valence-corrected chi connectivity index (χ0v) is 41.9. The second-order valence-electron chi connectivity index (χ2n) is 20.4. The number of hydrogen-bond donors (Lipinski definition) is 2. The van der Waals surface area contributed by atoms with Gasteiger partial charge in [-0.3, -0.25) is 19.2 Å². The average Bonchev–Trinajstić information content (AvgIpc) is 3.44. The lowest BCUT2D eigenvalue weighted by Gasteiger charge is -2.39. The minimum Gasteiger partial charge on any atom is -0.460 e. The van der Waals surface area contributed by atoms with E-state index < -0.39 is 77.8 Å². The van der Waals surface area contributed by atoms with E-state index >= 15 is 0 Å². The van der Waals surface area contributed by atoms with Crippen LogP contribution in [0.3, 0.4) is 0 Å². The highest BCUT2D eigenvalue weighted by atomic mass is 16.6. The first kappa shape index (κ1) is 55.3. The number of aliphatic hydroxyl groups excluding tert-OH is 1. The van der Waals surface area contributed by atoms with Gasteiger partial charge < -0.3 is 38.8 Å². The van der Waals surface area contributed by atoms with E-state index in [-0.39, 0.29) is 54.8 Å². The first-order valence-corrected chi connectivity index (χ1v) is 24.7. The number of cyclic esters (lactones) is 1. The van der Waals surface area contributed by atoms with Gasteiger partial charge in [-0.15, -0.1) is 0 Å². The molecule has 2 N–H and O–H groups in total. The Balaban J connectivity index is 1.72.